The normalized spacial score (nSPS) is 11.3. The third kappa shape index (κ3) is 5.09. The molecule has 0 spiro atoms. The van der Waals surface area contributed by atoms with Crippen LogP contribution in [0.1, 0.15) is 18.9 Å². The van der Waals surface area contributed by atoms with Crippen LogP contribution in [-0.4, -0.2) is 18.8 Å². The maximum absolute atomic E-state index is 11.3. The van der Waals surface area contributed by atoms with E-state index < -0.39 is 0 Å². The molecule has 0 unspecified atom stereocenters. The monoisotopic (exact) mass is 250 g/mol. The molecule has 0 saturated carbocycles. The molecule has 0 aliphatic carbocycles. The number of benzene rings is 1. The van der Waals surface area contributed by atoms with Gasteiger partial charge in [0.2, 0.25) is 0 Å². The number of methoxy groups -OCH3 is 1. The van der Waals surface area contributed by atoms with Gasteiger partial charge in [-0.25, -0.2) is 4.79 Å². The van der Waals surface area contributed by atoms with Gasteiger partial charge in [-0.15, -0.1) is 0 Å². The lowest BCUT2D eigenvalue weighted by molar-refractivity contribution is -0.136. The molecule has 92 valence electrons. The summed E-state index contributed by atoms with van der Waals surface area (Å²) >= 11 is 1.79. The molecule has 0 aliphatic rings. The van der Waals surface area contributed by atoms with E-state index in [4.69, 9.17) is 4.74 Å². The zero-order valence-electron chi connectivity index (χ0n) is 10.3. The summed E-state index contributed by atoms with van der Waals surface area (Å²) in [5.41, 5.74) is 2.06. The van der Waals surface area contributed by atoms with Gasteiger partial charge in [0.15, 0.2) is 0 Å². The van der Waals surface area contributed by atoms with Crippen molar-refractivity contribution in [1.29, 1.82) is 0 Å². The van der Waals surface area contributed by atoms with Crippen molar-refractivity contribution in [2.75, 3.05) is 12.9 Å². The molecule has 17 heavy (non-hydrogen) atoms. The zero-order chi connectivity index (χ0) is 12.5. The van der Waals surface area contributed by atoms with Gasteiger partial charge in [0.1, 0.15) is 0 Å². The Morgan fingerprint density at radius 2 is 2.06 bits per heavy atom. The second kappa shape index (κ2) is 7.96. The van der Waals surface area contributed by atoms with Crippen LogP contribution < -0.4 is 0 Å². The highest BCUT2D eigenvalue weighted by Crippen LogP contribution is 2.13. The van der Waals surface area contributed by atoms with Crippen molar-refractivity contribution in [3.05, 3.63) is 47.5 Å². The summed E-state index contributed by atoms with van der Waals surface area (Å²) in [5.74, 6) is 1.59. The largest absolute Gasteiger partial charge is 0.466 e. The van der Waals surface area contributed by atoms with Crippen LogP contribution in [0, 0.1) is 0 Å². The van der Waals surface area contributed by atoms with Crippen LogP contribution in [0.3, 0.4) is 0 Å². The van der Waals surface area contributed by atoms with Crippen LogP contribution in [0.2, 0.25) is 0 Å². The number of carbonyl (C=O) groups is 1. The Morgan fingerprint density at radius 3 is 2.65 bits per heavy atom. The first kappa shape index (κ1) is 13.8. The lowest BCUT2D eigenvalue weighted by Crippen LogP contribution is -2.04. The Kier molecular flexibility index (Phi) is 6.48. The van der Waals surface area contributed by atoms with Crippen molar-refractivity contribution in [3.63, 3.8) is 0 Å². The van der Waals surface area contributed by atoms with Crippen molar-refractivity contribution < 1.29 is 9.53 Å². The second-order valence-corrected chi connectivity index (χ2v) is 4.61. The van der Waals surface area contributed by atoms with E-state index in [0.717, 1.165) is 23.5 Å². The summed E-state index contributed by atoms with van der Waals surface area (Å²) in [5, 5.41) is 0. The van der Waals surface area contributed by atoms with Gasteiger partial charge in [-0.3, -0.25) is 0 Å². The van der Waals surface area contributed by atoms with E-state index in [1.54, 1.807) is 11.8 Å². The number of hydrogen-bond donors (Lipinski definition) is 0. The van der Waals surface area contributed by atoms with Crippen molar-refractivity contribution in [2.24, 2.45) is 0 Å². The molecular formula is C14H18O2S. The lowest BCUT2D eigenvalue weighted by Gasteiger charge is -2.02. The smallest absolute Gasteiger partial charge is 0.333 e. The van der Waals surface area contributed by atoms with E-state index in [1.807, 2.05) is 31.2 Å². The Morgan fingerprint density at radius 1 is 1.35 bits per heavy atom. The molecular weight excluding hydrogens is 232 g/mol. The number of ether oxygens (including phenoxy) is 1. The molecule has 1 aromatic rings. The van der Waals surface area contributed by atoms with E-state index in [0.29, 0.717) is 0 Å². The molecule has 0 fully saturated rings. The third-order valence-corrected chi connectivity index (χ3v) is 3.33. The van der Waals surface area contributed by atoms with Gasteiger partial charge in [-0.05, 0) is 12.0 Å². The summed E-state index contributed by atoms with van der Waals surface area (Å²) in [4.78, 5) is 11.3. The second-order valence-electron chi connectivity index (χ2n) is 3.58. The minimum absolute atomic E-state index is 0.215. The van der Waals surface area contributed by atoms with Crippen LogP contribution in [-0.2, 0) is 15.3 Å². The SMILES string of the molecule is CCC(=CCSCc1ccccc1)C(=O)OC. The molecule has 0 N–H and O–H groups in total. The van der Waals surface area contributed by atoms with Crippen LogP contribution in [0.25, 0.3) is 0 Å². The number of esters is 1. The fourth-order valence-corrected chi connectivity index (χ4v) is 2.28. The minimum atomic E-state index is -0.215. The first-order valence-corrected chi connectivity index (χ1v) is 6.82. The van der Waals surface area contributed by atoms with Crippen molar-refractivity contribution in [1.82, 2.24) is 0 Å². The zero-order valence-corrected chi connectivity index (χ0v) is 11.1. The third-order valence-electron chi connectivity index (χ3n) is 2.39. The van der Waals surface area contributed by atoms with Crippen molar-refractivity contribution in [2.45, 2.75) is 19.1 Å². The Hall–Kier alpha value is -1.22. The van der Waals surface area contributed by atoms with Crippen molar-refractivity contribution >= 4 is 17.7 Å². The summed E-state index contributed by atoms with van der Waals surface area (Å²) in [6.07, 6.45) is 2.68. The van der Waals surface area contributed by atoms with Gasteiger partial charge in [-0.1, -0.05) is 43.3 Å². The van der Waals surface area contributed by atoms with Crippen LogP contribution in [0.15, 0.2) is 42.0 Å². The molecule has 0 heterocycles. The fourth-order valence-electron chi connectivity index (χ4n) is 1.41. The summed E-state index contributed by atoms with van der Waals surface area (Å²) in [6.45, 7) is 1.96. The summed E-state index contributed by atoms with van der Waals surface area (Å²) in [6, 6.07) is 10.3. The van der Waals surface area contributed by atoms with Crippen LogP contribution in [0.4, 0.5) is 0 Å². The van der Waals surface area contributed by atoms with Gasteiger partial charge in [0.05, 0.1) is 7.11 Å². The van der Waals surface area contributed by atoms with E-state index in [1.165, 1.54) is 12.7 Å². The van der Waals surface area contributed by atoms with Gasteiger partial charge in [0.25, 0.3) is 0 Å². The van der Waals surface area contributed by atoms with E-state index in [2.05, 4.69) is 12.1 Å². The maximum Gasteiger partial charge on any atom is 0.333 e. The van der Waals surface area contributed by atoms with Crippen molar-refractivity contribution in [3.8, 4) is 0 Å². The van der Waals surface area contributed by atoms with E-state index in [-0.39, 0.29) is 5.97 Å². The molecule has 0 saturated heterocycles. The molecule has 0 atom stereocenters. The Balaban J connectivity index is 2.36. The number of thioether (sulfide) groups is 1. The summed E-state index contributed by atoms with van der Waals surface area (Å²) < 4.78 is 4.70. The van der Waals surface area contributed by atoms with Gasteiger partial charge in [0, 0.05) is 17.1 Å². The molecule has 1 rings (SSSR count). The fraction of sp³-hybridized carbons (Fsp3) is 0.357. The molecule has 0 radical (unpaired) electrons. The maximum atomic E-state index is 11.3. The molecule has 2 nitrogen and oxygen atoms in total. The number of carbonyl (C=O) groups excluding carboxylic acids is 1. The van der Waals surface area contributed by atoms with E-state index in [9.17, 15) is 4.79 Å². The predicted octanol–water partition coefficient (Wildman–Crippen LogP) is 3.43. The summed E-state index contributed by atoms with van der Waals surface area (Å²) in [7, 11) is 1.42. The average molecular weight is 250 g/mol. The number of hydrogen-bond acceptors (Lipinski definition) is 3. The highest BCUT2D eigenvalue weighted by atomic mass is 32.2. The standard InChI is InChI=1S/C14H18O2S/c1-3-13(14(15)16-2)9-10-17-11-12-7-5-4-6-8-12/h4-9H,3,10-11H2,1-2H3. The molecule has 1 aromatic carbocycles. The Bertz CT molecular complexity index is 371. The molecule has 0 amide bonds. The lowest BCUT2D eigenvalue weighted by atomic mass is 10.2. The molecule has 0 aromatic heterocycles. The topological polar surface area (TPSA) is 26.3 Å². The predicted molar refractivity (Wildman–Crippen MR) is 73.0 cm³/mol. The molecule has 0 aliphatic heterocycles. The van der Waals surface area contributed by atoms with Gasteiger partial charge in [-0.2, -0.15) is 11.8 Å². The number of rotatable bonds is 6. The van der Waals surface area contributed by atoms with Crippen LogP contribution in [0.5, 0.6) is 0 Å². The first-order valence-electron chi connectivity index (χ1n) is 5.67. The minimum Gasteiger partial charge on any atom is -0.466 e. The highest BCUT2D eigenvalue weighted by molar-refractivity contribution is 7.98. The molecule has 0 bridgehead atoms. The van der Waals surface area contributed by atoms with Gasteiger partial charge < -0.3 is 4.74 Å². The van der Waals surface area contributed by atoms with Crippen LogP contribution >= 0.6 is 11.8 Å². The Labute approximate surface area is 107 Å². The first-order chi connectivity index (χ1) is 8.27. The van der Waals surface area contributed by atoms with E-state index >= 15 is 0 Å². The quantitative estimate of drug-likeness (QED) is 0.439. The van der Waals surface area contributed by atoms with Gasteiger partial charge >= 0.3 is 5.97 Å². The average Bonchev–Trinajstić information content (AvgIpc) is 2.39. The molecule has 3 heteroatoms. The highest BCUT2D eigenvalue weighted by Gasteiger charge is 2.05.